The Hall–Kier alpha value is -1.86. The molecule has 0 radical (unpaired) electrons. The predicted octanol–water partition coefficient (Wildman–Crippen LogP) is 1.83. The van der Waals surface area contributed by atoms with Crippen molar-refractivity contribution in [3.05, 3.63) is 29.0 Å². The third-order valence-corrected chi connectivity index (χ3v) is 2.58. The fourth-order valence-electron chi connectivity index (χ4n) is 1.42. The first-order chi connectivity index (χ1) is 9.19. The molecule has 0 fully saturated rings. The highest BCUT2D eigenvalue weighted by atomic mass is 35.5. The number of aliphatic hydroxyl groups is 1. The summed E-state index contributed by atoms with van der Waals surface area (Å²) in [4.78, 5) is 22.0. The Morgan fingerprint density at radius 3 is 2.65 bits per heavy atom. The molecule has 0 bridgehead atoms. The van der Waals surface area contributed by atoms with Gasteiger partial charge in [0.2, 0.25) is 0 Å². The molecule has 8 heteroatoms. The van der Waals surface area contributed by atoms with Crippen molar-refractivity contribution in [3.8, 4) is 0 Å². The lowest BCUT2D eigenvalue weighted by atomic mass is 10.0. The van der Waals surface area contributed by atoms with Gasteiger partial charge in [-0.05, 0) is 25.1 Å². The molecule has 1 aromatic carbocycles. The second-order valence-corrected chi connectivity index (χ2v) is 4.94. The standard InChI is InChI=1S/C12H14ClFN2O4/c1-12(20,5-10(17)18)6-15-11(19)16-9-3-2-7(13)4-8(9)14/h2-4,20H,5-6H2,1H3,(H,17,18)(H2,15,16,19). The van der Waals surface area contributed by atoms with Crippen LogP contribution in [0.4, 0.5) is 14.9 Å². The average Bonchev–Trinajstić information content (AvgIpc) is 2.29. The number of halogens is 2. The van der Waals surface area contributed by atoms with Crippen LogP contribution in [0, 0.1) is 5.82 Å². The fraction of sp³-hybridized carbons (Fsp3) is 0.333. The van der Waals surface area contributed by atoms with E-state index in [4.69, 9.17) is 16.7 Å². The number of aliphatic carboxylic acids is 1. The van der Waals surface area contributed by atoms with Crippen LogP contribution in [0.15, 0.2) is 18.2 Å². The number of carboxylic acid groups (broad SMARTS) is 1. The topological polar surface area (TPSA) is 98.7 Å². The van der Waals surface area contributed by atoms with Gasteiger partial charge in [-0.15, -0.1) is 0 Å². The molecule has 6 nitrogen and oxygen atoms in total. The molecule has 1 unspecified atom stereocenters. The monoisotopic (exact) mass is 304 g/mol. The number of amides is 2. The molecule has 0 aliphatic heterocycles. The lowest BCUT2D eigenvalue weighted by Gasteiger charge is -2.21. The second-order valence-electron chi connectivity index (χ2n) is 4.50. The van der Waals surface area contributed by atoms with Gasteiger partial charge in [0.1, 0.15) is 5.82 Å². The Morgan fingerprint density at radius 1 is 1.45 bits per heavy atom. The summed E-state index contributed by atoms with van der Waals surface area (Å²) >= 11 is 5.57. The van der Waals surface area contributed by atoms with E-state index in [9.17, 15) is 19.1 Å². The maximum atomic E-state index is 13.4. The SMILES string of the molecule is CC(O)(CNC(=O)Nc1ccc(Cl)cc1F)CC(=O)O. The molecule has 110 valence electrons. The van der Waals surface area contributed by atoms with E-state index in [1.165, 1.54) is 19.1 Å². The number of hydrogen-bond acceptors (Lipinski definition) is 3. The van der Waals surface area contributed by atoms with Crippen LogP contribution in [-0.2, 0) is 4.79 Å². The predicted molar refractivity (Wildman–Crippen MR) is 71.3 cm³/mol. The van der Waals surface area contributed by atoms with Crippen molar-refractivity contribution in [2.45, 2.75) is 18.9 Å². The Labute approximate surface area is 119 Å². The summed E-state index contributed by atoms with van der Waals surface area (Å²) in [6, 6.07) is 2.96. The van der Waals surface area contributed by atoms with Crippen LogP contribution < -0.4 is 10.6 Å². The van der Waals surface area contributed by atoms with E-state index in [1.54, 1.807) is 0 Å². The van der Waals surface area contributed by atoms with Crippen LogP contribution in [0.2, 0.25) is 5.02 Å². The van der Waals surface area contributed by atoms with Crippen molar-refractivity contribution in [1.29, 1.82) is 0 Å². The zero-order valence-electron chi connectivity index (χ0n) is 10.6. The quantitative estimate of drug-likeness (QED) is 0.667. The van der Waals surface area contributed by atoms with Crippen molar-refractivity contribution < 1.29 is 24.2 Å². The molecule has 0 aromatic heterocycles. The summed E-state index contributed by atoms with van der Waals surface area (Å²) in [5.41, 5.74) is -1.67. The third-order valence-electron chi connectivity index (χ3n) is 2.34. The Bertz CT molecular complexity index is 522. The van der Waals surface area contributed by atoms with Gasteiger partial charge in [-0.1, -0.05) is 11.6 Å². The number of anilines is 1. The minimum atomic E-state index is -1.60. The number of nitrogens with one attached hydrogen (secondary N) is 2. The summed E-state index contributed by atoms with van der Waals surface area (Å²) in [5.74, 6) is -1.90. The molecule has 0 saturated heterocycles. The van der Waals surface area contributed by atoms with E-state index in [1.807, 2.05) is 0 Å². The average molecular weight is 305 g/mol. The van der Waals surface area contributed by atoms with Crippen molar-refractivity contribution in [1.82, 2.24) is 5.32 Å². The molecule has 0 aliphatic rings. The summed E-state index contributed by atoms with van der Waals surface area (Å²) < 4.78 is 13.4. The molecule has 20 heavy (non-hydrogen) atoms. The van der Waals surface area contributed by atoms with E-state index in [0.717, 1.165) is 6.07 Å². The summed E-state index contributed by atoms with van der Waals surface area (Å²) in [5, 5.41) is 22.9. The summed E-state index contributed by atoms with van der Waals surface area (Å²) in [6.07, 6.45) is -0.525. The highest BCUT2D eigenvalue weighted by Gasteiger charge is 2.24. The van der Waals surface area contributed by atoms with Crippen LogP contribution in [0.1, 0.15) is 13.3 Å². The number of rotatable bonds is 5. The zero-order chi connectivity index (χ0) is 15.3. The van der Waals surface area contributed by atoms with Crippen LogP contribution in [0.25, 0.3) is 0 Å². The van der Waals surface area contributed by atoms with E-state index in [2.05, 4.69) is 10.6 Å². The van der Waals surface area contributed by atoms with Gasteiger partial charge in [-0.25, -0.2) is 9.18 Å². The number of benzene rings is 1. The van der Waals surface area contributed by atoms with Crippen molar-refractivity contribution in [2.75, 3.05) is 11.9 Å². The molecular weight excluding hydrogens is 291 g/mol. The second kappa shape index (κ2) is 6.53. The first-order valence-corrected chi connectivity index (χ1v) is 6.01. The van der Waals surface area contributed by atoms with Crippen LogP contribution >= 0.6 is 11.6 Å². The molecule has 0 heterocycles. The number of carbonyl (C=O) groups is 2. The minimum Gasteiger partial charge on any atom is -0.481 e. The molecule has 0 aliphatic carbocycles. The van der Waals surface area contributed by atoms with E-state index in [0.29, 0.717) is 0 Å². The van der Waals surface area contributed by atoms with Crippen molar-refractivity contribution in [2.24, 2.45) is 0 Å². The molecule has 1 atom stereocenters. The molecule has 1 aromatic rings. The first-order valence-electron chi connectivity index (χ1n) is 5.64. The van der Waals surface area contributed by atoms with Crippen LogP contribution in [-0.4, -0.2) is 34.4 Å². The van der Waals surface area contributed by atoms with Gasteiger partial charge in [0, 0.05) is 11.6 Å². The Morgan fingerprint density at radius 2 is 2.10 bits per heavy atom. The summed E-state index contributed by atoms with van der Waals surface area (Å²) in [7, 11) is 0. The van der Waals surface area contributed by atoms with Crippen molar-refractivity contribution in [3.63, 3.8) is 0 Å². The first kappa shape index (κ1) is 16.2. The van der Waals surface area contributed by atoms with E-state index in [-0.39, 0.29) is 17.3 Å². The Kier molecular flexibility index (Phi) is 5.29. The zero-order valence-corrected chi connectivity index (χ0v) is 11.4. The summed E-state index contributed by atoms with van der Waals surface area (Å²) in [6.45, 7) is 0.977. The maximum Gasteiger partial charge on any atom is 0.319 e. The van der Waals surface area contributed by atoms with Gasteiger partial charge in [-0.2, -0.15) is 0 Å². The van der Waals surface area contributed by atoms with Gasteiger partial charge in [0.05, 0.1) is 17.7 Å². The van der Waals surface area contributed by atoms with Gasteiger partial charge in [0.25, 0.3) is 0 Å². The molecule has 0 saturated carbocycles. The van der Waals surface area contributed by atoms with E-state index >= 15 is 0 Å². The molecule has 2 amide bonds. The molecule has 4 N–H and O–H groups in total. The highest BCUT2D eigenvalue weighted by molar-refractivity contribution is 6.30. The van der Waals surface area contributed by atoms with Gasteiger partial charge >= 0.3 is 12.0 Å². The van der Waals surface area contributed by atoms with Gasteiger partial charge in [-0.3, -0.25) is 4.79 Å². The van der Waals surface area contributed by atoms with Crippen LogP contribution in [0.3, 0.4) is 0 Å². The smallest absolute Gasteiger partial charge is 0.319 e. The fourth-order valence-corrected chi connectivity index (χ4v) is 1.58. The number of urea groups is 1. The minimum absolute atomic E-state index is 0.0789. The molecular formula is C12H14ClFN2O4. The number of carbonyl (C=O) groups excluding carboxylic acids is 1. The molecule has 1 rings (SSSR count). The lowest BCUT2D eigenvalue weighted by Crippen LogP contribution is -2.43. The van der Waals surface area contributed by atoms with Crippen LogP contribution in [0.5, 0.6) is 0 Å². The van der Waals surface area contributed by atoms with Gasteiger partial charge < -0.3 is 20.8 Å². The van der Waals surface area contributed by atoms with Gasteiger partial charge in [0.15, 0.2) is 0 Å². The number of hydrogen-bond donors (Lipinski definition) is 4. The van der Waals surface area contributed by atoms with E-state index < -0.39 is 29.8 Å². The number of carboxylic acids is 1. The third kappa shape index (κ3) is 5.41. The lowest BCUT2D eigenvalue weighted by molar-refractivity contribution is -0.141. The highest BCUT2D eigenvalue weighted by Crippen LogP contribution is 2.18. The maximum absolute atomic E-state index is 13.4. The normalized spacial score (nSPS) is 13.4. The Balaban J connectivity index is 2.54. The molecule has 0 spiro atoms. The largest absolute Gasteiger partial charge is 0.481 e. The van der Waals surface area contributed by atoms with Crippen molar-refractivity contribution >= 4 is 29.3 Å².